The number of aliphatic hydroxyl groups excluding tert-OH is 1. The van der Waals surface area contributed by atoms with Crippen molar-refractivity contribution in [3.63, 3.8) is 0 Å². The van der Waals surface area contributed by atoms with Crippen molar-refractivity contribution in [1.82, 2.24) is 4.98 Å². The summed E-state index contributed by atoms with van der Waals surface area (Å²) in [4.78, 5) is 15.6. The van der Waals surface area contributed by atoms with Gasteiger partial charge < -0.3 is 5.11 Å². The number of ketones is 1. The number of aliphatic hydroxyl groups is 1. The van der Waals surface area contributed by atoms with Crippen LogP contribution in [0.5, 0.6) is 0 Å². The van der Waals surface area contributed by atoms with E-state index < -0.39 is 6.10 Å². The minimum absolute atomic E-state index is 0.000272. The SMILES string of the molecule is CC(=O)c1cnc(C(O)C(C)C)s1. The van der Waals surface area contributed by atoms with Gasteiger partial charge in [0, 0.05) is 13.1 Å². The van der Waals surface area contributed by atoms with Crippen LogP contribution in [0, 0.1) is 5.92 Å². The lowest BCUT2D eigenvalue weighted by Gasteiger charge is -2.09. The van der Waals surface area contributed by atoms with E-state index >= 15 is 0 Å². The van der Waals surface area contributed by atoms with Gasteiger partial charge in [-0.25, -0.2) is 4.98 Å². The third-order valence-corrected chi connectivity index (χ3v) is 2.92. The van der Waals surface area contributed by atoms with Gasteiger partial charge in [0.2, 0.25) is 0 Å². The second-order valence-electron chi connectivity index (χ2n) is 3.31. The maximum atomic E-state index is 10.9. The molecule has 0 saturated heterocycles. The van der Waals surface area contributed by atoms with Gasteiger partial charge in [-0.05, 0) is 5.92 Å². The summed E-state index contributed by atoms with van der Waals surface area (Å²) >= 11 is 1.27. The first-order chi connectivity index (χ1) is 6.02. The Morgan fingerprint density at radius 1 is 1.62 bits per heavy atom. The molecule has 0 spiro atoms. The predicted molar refractivity (Wildman–Crippen MR) is 51.9 cm³/mol. The summed E-state index contributed by atoms with van der Waals surface area (Å²) in [6.07, 6.45) is 0.964. The highest BCUT2D eigenvalue weighted by Crippen LogP contribution is 2.25. The Morgan fingerprint density at radius 3 is 2.62 bits per heavy atom. The number of rotatable bonds is 3. The van der Waals surface area contributed by atoms with Gasteiger partial charge in [-0.15, -0.1) is 11.3 Å². The van der Waals surface area contributed by atoms with E-state index in [-0.39, 0.29) is 11.7 Å². The van der Waals surface area contributed by atoms with Crippen molar-refractivity contribution < 1.29 is 9.90 Å². The number of nitrogens with zero attached hydrogens (tertiary/aromatic N) is 1. The third kappa shape index (κ3) is 2.35. The molecule has 0 amide bonds. The predicted octanol–water partition coefficient (Wildman–Crippen LogP) is 2.04. The van der Waals surface area contributed by atoms with Crippen LogP contribution in [0.25, 0.3) is 0 Å². The Kier molecular flexibility index (Phi) is 3.17. The zero-order chi connectivity index (χ0) is 10.0. The average Bonchev–Trinajstić information content (AvgIpc) is 2.50. The molecule has 72 valence electrons. The fourth-order valence-corrected chi connectivity index (χ4v) is 1.85. The molecular weight excluding hydrogens is 186 g/mol. The van der Waals surface area contributed by atoms with Crippen LogP contribution in [0.3, 0.4) is 0 Å². The van der Waals surface area contributed by atoms with Gasteiger partial charge in [0.05, 0.1) is 4.88 Å². The first kappa shape index (κ1) is 10.3. The van der Waals surface area contributed by atoms with E-state index in [2.05, 4.69) is 4.98 Å². The molecule has 0 fully saturated rings. The van der Waals surface area contributed by atoms with Gasteiger partial charge in [-0.2, -0.15) is 0 Å². The smallest absolute Gasteiger partial charge is 0.171 e. The van der Waals surface area contributed by atoms with Crippen LogP contribution < -0.4 is 0 Å². The van der Waals surface area contributed by atoms with Crippen LogP contribution in [-0.4, -0.2) is 15.9 Å². The van der Waals surface area contributed by atoms with E-state index in [4.69, 9.17) is 0 Å². The topological polar surface area (TPSA) is 50.2 Å². The van der Waals surface area contributed by atoms with Gasteiger partial charge in [-0.3, -0.25) is 4.79 Å². The number of hydrogen-bond donors (Lipinski definition) is 1. The Hall–Kier alpha value is -0.740. The number of Topliss-reactive ketones (excluding diaryl/α,β-unsaturated/α-hetero) is 1. The minimum Gasteiger partial charge on any atom is -0.386 e. The fraction of sp³-hybridized carbons (Fsp3) is 0.556. The van der Waals surface area contributed by atoms with E-state index in [1.807, 2.05) is 13.8 Å². The zero-order valence-electron chi connectivity index (χ0n) is 7.94. The largest absolute Gasteiger partial charge is 0.386 e. The summed E-state index contributed by atoms with van der Waals surface area (Å²) in [6, 6.07) is 0. The minimum atomic E-state index is -0.557. The molecule has 1 atom stereocenters. The zero-order valence-corrected chi connectivity index (χ0v) is 8.76. The lowest BCUT2D eigenvalue weighted by atomic mass is 10.1. The van der Waals surface area contributed by atoms with Crippen LogP contribution in [0.15, 0.2) is 6.20 Å². The van der Waals surface area contributed by atoms with Crippen LogP contribution in [0.4, 0.5) is 0 Å². The third-order valence-electron chi connectivity index (χ3n) is 1.76. The van der Waals surface area contributed by atoms with Crippen molar-refractivity contribution in [3.8, 4) is 0 Å². The molecule has 1 heterocycles. The molecule has 1 N–H and O–H groups in total. The van der Waals surface area contributed by atoms with E-state index in [1.54, 1.807) is 0 Å². The molecule has 0 aliphatic rings. The summed E-state index contributed by atoms with van der Waals surface area (Å²) in [7, 11) is 0. The number of aromatic nitrogens is 1. The number of thiazole rings is 1. The van der Waals surface area contributed by atoms with E-state index in [0.717, 1.165) is 0 Å². The van der Waals surface area contributed by atoms with Gasteiger partial charge in [0.25, 0.3) is 0 Å². The Bertz CT molecular complexity index is 306. The van der Waals surface area contributed by atoms with Gasteiger partial charge in [0.15, 0.2) is 5.78 Å². The first-order valence-electron chi connectivity index (χ1n) is 4.17. The number of hydrogen-bond acceptors (Lipinski definition) is 4. The van der Waals surface area contributed by atoms with E-state index in [1.165, 1.54) is 24.5 Å². The summed E-state index contributed by atoms with van der Waals surface area (Å²) in [5.41, 5.74) is 0. The normalized spacial score (nSPS) is 13.3. The highest BCUT2D eigenvalue weighted by molar-refractivity contribution is 7.13. The van der Waals surface area contributed by atoms with Gasteiger partial charge in [-0.1, -0.05) is 13.8 Å². The Balaban J connectivity index is 2.85. The first-order valence-corrected chi connectivity index (χ1v) is 4.98. The van der Waals surface area contributed by atoms with Gasteiger partial charge >= 0.3 is 0 Å². The van der Waals surface area contributed by atoms with Crippen LogP contribution >= 0.6 is 11.3 Å². The summed E-state index contributed by atoms with van der Waals surface area (Å²) in [5, 5.41) is 10.3. The molecule has 0 radical (unpaired) electrons. The van der Waals surface area contributed by atoms with Crippen molar-refractivity contribution >= 4 is 17.1 Å². The molecular formula is C9H13NO2S. The van der Waals surface area contributed by atoms with Crippen LogP contribution in [0.1, 0.15) is 41.6 Å². The second-order valence-corrected chi connectivity index (χ2v) is 4.37. The highest BCUT2D eigenvalue weighted by atomic mass is 32.1. The molecule has 0 aliphatic carbocycles. The Morgan fingerprint density at radius 2 is 2.23 bits per heavy atom. The van der Waals surface area contributed by atoms with Crippen molar-refractivity contribution in [2.75, 3.05) is 0 Å². The summed E-state index contributed by atoms with van der Waals surface area (Å²) < 4.78 is 0. The lowest BCUT2D eigenvalue weighted by Crippen LogP contribution is -2.04. The van der Waals surface area contributed by atoms with E-state index in [0.29, 0.717) is 9.88 Å². The van der Waals surface area contributed by atoms with Crippen molar-refractivity contribution in [1.29, 1.82) is 0 Å². The quantitative estimate of drug-likeness (QED) is 0.758. The molecule has 1 aromatic rings. The van der Waals surface area contributed by atoms with Gasteiger partial charge in [0.1, 0.15) is 11.1 Å². The number of carbonyl (C=O) groups excluding carboxylic acids is 1. The molecule has 0 aliphatic heterocycles. The maximum Gasteiger partial charge on any atom is 0.171 e. The average molecular weight is 199 g/mol. The second kappa shape index (κ2) is 3.98. The highest BCUT2D eigenvalue weighted by Gasteiger charge is 2.16. The molecule has 3 nitrogen and oxygen atoms in total. The van der Waals surface area contributed by atoms with Crippen molar-refractivity contribution in [3.05, 3.63) is 16.1 Å². The van der Waals surface area contributed by atoms with Crippen molar-refractivity contribution in [2.45, 2.75) is 26.9 Å². The molecule has 1 aromatic heterocycles. The fourth-order valence-electron chi connectivity index (χ4n) is 0.872. The van der Waals surface area contributed by atoms with Crippen LogP contribution in [0.2, 0.25) is 0 Å². The molecule has 1 unspecified atom stereocenters. The molecule has 13 heavy (non-hydrogen) atoms. The summed E-state index contributed by atoms with van der Waals surface area (Å²) in [5.74, 6) is 0.130. The lowest BCUT2D eigenvalue weighted by molar-refractivity contribution is 0.102. The molecule has 1 rings (SSSR count). The molecule has 0 saturated carbocycles. The van der Waals surface area contributed by atoms with E-state index in [9.17, 15) is 9.90 Å². The molecule has 0 bridgehead atoms. The monoisotopic (exact) mass is 199 g/mol. The summed E-state index contributed by atoms with van der Waals surface area (Å²) in [6.45, 7) is 5.33. The van der Waals surface area contributed by atoms with Crippen molar-refractivity contribution in [2.24, 2.45) is 5.92 Å². The standard InChI is InChI=1S/C9H13NO2S/c1-5(2)8(12)9-10-4-7(13-9)6(3)11/h4-5,8,12H,1-3H3. The Labute approximate surface area is 81.4 Å². The molecule has 4 heteroatoms. The molecule has 0 aromatic carbocycles. The number of carbonyl (C=O) groups is 1. The van der Waals surface area contributed by atoms with Crippen LogP contribution in [-0.2, 0) is 0 Å². The maximum absolute atomic E-state index is 10.9.